The van der Waals surface area contributed by atoms with Crippen LogP contribution < -0.4 is 10.6 Å². The van der Waals surface area contributed by atoms with Crippen LogP contribution in [0.4, 0.5) is 4.79 Å². The van der Waals surface area contributed by atoms with Crippen molar-refractivity contribution in [1.29, 1.82) is 0 Å². The molecule has 0 aromatic heterocycles. The van der Waals surface area contributed by atoms with Crippen molar-refractivity contribution >= 4 is 17.9 Å². The maximum atomic E-state index is 11.7. The van der Waals surface area contributed by atoms with Gasteiger partial charge in [-0.05, 0) is 26.7 Å². The van der Waals surface area contributed by atoms with E-state index in [9.17, 15) is 19.5 Å². The van der Waals surface area contributed by atoms with Crippen LogP contribution in [0.5, 0.6) is 0 Å². The molecule has 0 spiro atoms. The molecule has 0 fully saturated rings. The van der Waals surface area contributed by atoms with Crippen LogP contribution in [0.15, 0.2) is 0 Å². The Bertz CT molecular complexity index is 350. The van der Waals surface area contributed by atoms with Gasteiger partial charge >= 0.3 is 12.0 Å². The molecule has 7 heteroatoms. The third kappa shape index (κ3) is 4.71. The number of hydrogen-bond acceptors (Lipinski definition) is 3. The number of likely N-dealkylation sites (N-methyl/N-ethyl adjacent to an activating group) is 1. The summed E-state index contributed by atoms with van der Waals surface area (Å²) in [6, 6.07) is -0.642. The molecule has 3 N–H and O–H groups in total. The lowest BCUT2D eigenvalue weighted by atomic mass is 9.93. The monoisotopic (exact) mass is 287 g/mol. The van der Waals surface area contributed by atoms with E-state index in [2.05, 4.69) is 10.6 Å². The van der Waals surface area contributed by atoms with Crippen LogP contribution in [0.25, 0.3) is 0 Å². The van der Waals surface area contributed by atoms with Gasteiger partial charge in [-0.2, -0.15) is 0 Å². The zero-order valence-electron chi connectivity index (χ0n) is 12.7. The lowest BCUT2D eigenvalue weighted by molar-refractivity contribution is -0.144. The van der Waals surface area contributed by atoms with E-state index >= 15 is 0 Å². The van der Waals surface area contributed by atoms with Gasteiger partial charge in [-0.1, -0.05) is 13.8 Å². The van der Waals surface area contributed by atoms with Crippen LogP contribution in [0.3, 0.4) is 0 Å². The number of carbonyl (C=O) groups excluding carboxylic acids is 2. The Morgan fingerprint density at radius 1 is 1.05 bits per heavy atom. The van der Waals surface area contributed by atoms with Gasteiger partial charge in [0, 0.05) is 13.1 Å². The van der Waals surface area contributed by atoms with Crippen LogP contribution in [0, 0.1) is 0 Å². The molecule has 0 saturated heterocycles. The van der Waals surface area contributed by atoms with Crippen molar-refractivity contribution in [2.75, 3.05) is 19.6 Å². The molecule has 3 amide bonds. The Morgan fingerprint density at radius 3 is 1.90 bits per heavy atom. The lowest BCUT2D eigenvalue weighted by Crippen LogP contribution is -2.57. The fourth-order valence-corrected chi connectivity index (χ4v) is 1.89. The van der Waals surface area contributed by atoms with Gasteiger partial charge in [0.2, 0.25) is 5.91 Å². The van der Waals surface area contributed by atoms with Gasteiger partial charge in [0.25, 0.3) is 0 Å². The summed E-state index contributed by atoms with van der Waals surface area (Å²) in [5.74, 6) is -1.27. The summed E-state index contributed by atoms with van der Waals surface area (Å²) in [6.45, 7) is 8.09. The van der Waals surface area contributed by atoms with Crippen molar-refractivity contribution in [3.05, 3.63) is 0 Å². The summed E-state index contributed by atoms with van der Waals surface area (Å²) in [7, 11) is 0. The van der Waals surface area contributed by atoms with Crippen molar-refractivity contribution in [3.8, 4) is 0 Å². The van der Waals surface area contributed by atoms with E-state index in [0.717, 1.165) is 0 Å². The molecule has 0 aliphatic rings. The van der Waals surface area contributed by atoms with Gasteiger partial charge in [0.1, 0.15) is 5.54 Å². The average Bonchev–Trinajstić information content (AvgIpc) is 2.43. The van der Waals surface area contributed by atoms with Crippen molar-refractivity contribution in [1.82, 2.24) is 15.5 Å². The third-order valence-corrected chi connectivity index (χ3v) is 3.49. The van der Waals surface area contributed by atoms with Crippen molar-refractivity contribution < 1.29 is 19.5 Å². The Labute approximate surface area is 119 Å². The number of carboxylic acid groups (broad SMARTS) is 1. The van der Waals surface area contributed by atoms with Crippen molar-refractivity contribution in [3.63, 3.8) is 0 Å². The summed E-state index contributed by atoms with van der Waals surface area (Å²) in [5, 5.41) is 14.0. The number of rotatable bonds is 8. The van der Waals surface area contributed by atoms with Crippen LogP contribution in [0.1, 0.15) is 40.5 Å². The van der Waals surface area contributed by atoms with Crippen LogP contribution in [-0.2, 0) is 9.59 Å². The first-order chi connectivity index (χ1) is 9.36. The first-order valence-corrected chi connectivity index (χ1v) is 6.93. The number of carboxylic acids is 1. The molecule has 0 heterocycles. The van der Waals surface area contributed by atoms with E-state index in [1.165, 1.54) is 0 Å². The average molecular weight is 287 g/mol. The van der Waals surface area contributed by atoms with E-state index in [0.29, 0.717) is 13.1 Å². The molecule has 0 aliphatic heterocycles. The Kier molecular flexibility index (Phi) is 7.64. The molecule has 0 atom stereocenters. The molecule has 0 aliphatic carbocycles. The van der Waals surface area contributed by atoms with E-state index in [4.69, 9.17) is 0 Å². The Morgan fingerprint density at radius 2 is 1.55 bits per heavy atom. The van der Waals surface area contributed by atoms with Gasteiger partial charge in [0.05, 0.1) is 6.54 Å². The van der Waals surface area contributed by atoms with Crippen molar-refractivity contribution in [2.45, 2.75) is 46.1 Å². The van der Waals surface area contributed by atoms with Crippen LogP contribution >= 0.6 is 0 Å². The number of nitrogens with one attached hydrogen (secondary N) is 2. The summed E-state index contributed by atoms with van der Waals surface area (Å²) < 4.78 is 0. The van der Waals surface area contributed by atoms with Gasteiger partial charge in [-0.3, -0.25) is 4.79 Å². The second kappa shape index (κ2) is 8.39. The van der Waals surface area contributed by atoms with Crippen LogP contribution in [-0.4, -0.2) is 53.1 Å². The van der Waals surface area contributed by atoms with Gasteiger partial charge in [0.15, 0.2) is 0 Å². The summed E-state index contributed by atoms with van der Waals surface area (Å²) in [4.78, 5) is 36.3. The largest absolute Gasteiger partial charge is 0.480 e. The topological polar surface area (TPSA) is 98.7 Å². The maximum Gasteiger partial charge on any atom is 0.329 e. The zero-order valence-corrected chi connectivity index (χ0v) is 12.7. The predicted molar refractivity (Wildman–Crippen MR) is 75.4 cm³/mol. The van der Waals surface area contributed by atoms with Crippen LogP contribution in [0.2, 0.25) is 0 Å². The molecule has 0 unspecified atom stereocenters. The fraction of sp³-hybridized carbons (Fsp3) is 0.769. The molecule has 116 valence electrons. The quantitative estimate of drug-likeness (QED) is 0.615. The predicted octanol–water partition coefficient (Wildman–Crippen LogP) is 0.797. The Balaban J connectivity index is 4.49. The molecule has 0 aromatic carbocycles. The van der Waals surface area contributed by atoms with Crippen molar-refractivity contribution in [2.24, 2.45) is 0 Å². The van der Waals surface area contributed by atoms with E-state index in [1.54, 1.807) is 18.7 Å². The smallest absolute Gasteiger partial charge is 0.329 e. The molecule has 0 rings (SSSR count). The first-order valence-electron chi connectivity index (χ1n) is 6.93. The van der Waals surface area contributed by atoms with E-state index in [1.807, 2.05) is 13.8 Å². The highest BCUT2D eigenvalue weighted by atomic mass is 16.4. The Hall–Kier alpha value is -1.79. The number of aliphatic carboxylic acids is 1. The number of amides is 3. The number of carbonyl (C=O) groups is 3. The minimum atomic E-state index is -1.29. The molecule has 0 saturated carbocycles. The second-order valence-corrected chi connectivity index (χ2v) is 4.47. The third-order valence-electron chi connectivity index (χ3n) is 3.49. The molecule has 0 aromatic rings. The normalized spacial score (nSPS) is 10.8. The number of urea groups is 1. The summed E-state index contributed by atoms with van der Waals surface area (Å²) >= 11 is 0. The maximum absolute atomic E-state index is 11.7. The number of nitrogens with zero attached hydrogens (tertiary/aromatic N) is 1. The molecule has 7 nitrogen and oxygen atoms in total. The van der Waals surface area contributed by atoms with E-state index in [-0.39, 0.29) is 25.3 Å². The minimum absolute atomic E-state index is 0.142. The highest BCUT2D eigenvalue weighted by molar-refractivity contribution is 5.88. The molecular formula is C13H25N3O4. The minimum Gasteiger partial charge on any atom is -0.480 e. The first kappa shape index (κ1) is 18.2. The summed E-state index contributed by atoms with van der Waals surface area (Å²) in [6.07, 6.45) is 0.548. The lowest BCUT2D eigenvalue weighted by Gasteiger charge is -2.28. The number of hydrogen-bond donors (Lipinski definition) is 3. The van der Waals surface area contributed by atoms with Gasteiger partial charge < -0.3 is 20.6 Å². The zero-order chi connectivity index (χ0) is 15.8. The SMILES string of the molecule is CCN(CC)C(=O)CNC(=O)NC(CC)(CC)C(=O)O. The van der Waals surface area contributed by atoms with Gasteiger partial charge in [-0.25, -0.2) is 9.59 Å². The fourth-order valence-electron chi connectivity index (χ4n) is 1.89. The summed E-state index contributed by atoms with van der Waals surface area (Å²) in [5.41, 5.74) is -1.29. The standard InChI is InChI=1S/C13H25N3O4/c1-5-13(6-2,11(18)19)15-12(20)14-9-10(17)16(7-3)8-4/h5-9H2,1-4H3,(H,18,19)(H2,14,15,20). The highest BCUT2D eigenvalue weighted by Crippen LogP contribution is 2.14. The van der Waals surface area contributed by atoms with E-state index < -0.39 is 17.5 Å². The molecular weight excluding hydrogens is 262 g/mol. The second-order valence-electron chi connectivity index (χ2n) is 4.47. The molecule has 20 heavy (non-hydrogen) atoms. The molecule has 0 bridgehead atoms. The van der Waals surface area contributed by atoms with Gasteiger partial charge in [-0.15, -0.1) is 0 Å². The highest BCUT2D eigenvalue weighted by Gasteiger charge is 2.36. The molecule has 0 radical (unpaired) electrons.